The lowest BCUT2D eigenvalue weighted by Crippen LogP contribution is -2.44. The average molecular weight is 466 g/mol. The Hall–Kier alpha value is -0.570. The standard InChI is InChI=1S/C21H39NO2.C9H20/c1-4-7-14-21(13-5-2,18-11-16-23-17-12-18)20-22-15-9-8-10-19(6-3)24-20;1-3-5-7-9-8-6-4-2/h18-19H,4-17H2,1-3H3;3-9H2,1-2H3. The van der Waals surface area contributed by atoms with Crippen LogP contribution in [-0.2, 0) is 9.47 Å². The monoisotopic (exact) mass is 465 g/mol. The minimum absolute atomic E-state index is 0.152. The summed E-state index contributed by atoms with van der Waals surface area (Å²) in [5.41, 5.74) is 0.152. The molecule has 3 heteroatoms. The highest BCUT2D eigenvalue weighted by atomic mass is 16.5. The van der Waals surface area contributed by atoms with Crippen molar-refractivity contribution in [2.75, 3.05) is 19.8 Å². The van der Waals surface area contributed by atoms with Gasteiger partial charge < -0.3 is 9.47 Å². The normalized spacial score (nSPS) is 21.6. The summed E-state index contributed by atoms with van der Waals surface area (Å²) in [5.74, 6) is 1.80. The molecule has 0 radical (unpaired) electrons. The molecule has 3 nitrogen and oxygen atoms in total. The van der Waals surface area contributed by atoms with Crippen molar-refractivity contribution in [2.45, 2.75) is 156 Å². The van der Waals surface area contributed by atoms with Gasteiger partial charge in [0.1, 0.15) is 0 Å². The van der Waals surface area contributed by atoms with E-state index in [1.165, 1.54) is 109 Å². The van der Waals surface area contributed by atoms with E-state index in [1.807, 2.05) is 0 Å². The number of rotatable bonds is 14. The van der Waals surface area contributed by atoms with E-state index in [0.717, 1.165) is 32.1 Å². The molecule has 2 heterocycles. The Balaban J connectivity index is 0.000000513. The summed E-state index contributed by atoms with van der Waals surface area (Å²) < 4.78 is 12.3. The highest BCUT2D eigenvalue weighted by Gasteiger charge is 2.44. The Morgan fingerprint density at radius 1 is 0.727 bits per heavy atom. The van der Waals surface area contributed by atoms with Crippen LogP contribution in [0.2, 0.25) is 0 Å². The zero-order valence-electron chi connectivity index (χ0n) is 23.3. The Bertz CT molecular complexity index is 466. The molecule has 2 atom stereocenters. The predicted molar refractivity (Wildman–Crippen MR) is 145 cm³/mol. The molecule has 0 N–H and O–H groups in total. The van der Waals surface area contributed by atoms with Crippen LogP contribution in [0, 0.1) is 11.3 Å². The molecule has 0 spiro atoms. The van der Waals surface area contributed by atoms with E-state index in [4.69, 9.17) is 14.5 Å². The number of hydrogen-bond donors (Lipinski definition) is 0. The largest absolute Gasteiger partial charge is 0.477 e. The first-order chi connectivity index (χ1) is 16.2. The summed E-state index contributed by atoms with van der Waals surface area (Å²) in [6, 6.07) is 0. The molecular formula is C30H59NO2. The second kappa shape index (κ2) is 19.7. The van der Waals surface area contributed by atoms with Crippen molar-refractivity contribution in [3.8, 4) is 0 Å². The van der Waals surface area contributed by atoms with Crippen LogP contribution >= 0.6 is 0 Å². The van der Waals surface area contributed by atoms with Gasteiger partial charge in [-0.1, -0.05) is 98.8 Å². The summed E-state index contributed by atoms with van der Waals surface area (Å²) in [6.45, 7) is 14.2. The van der Waals surface area contributed by atoms with E-state index in [0.29, 0.717) is 12.0 Å². The van der Waals surface area contributed by atoms with Crippen LogP contribution in [0.4, 0.5) is 0 Å². The second-order valence-electron chi connectivity index (χ2n) is 10.5. The Morgan fingerprint density at radius 2 is 1.36 bits per heavy atom. The molecule has 1 saturated heterocycles. The van der Waals surface area contributed by atoms with Gasteiger partial charge >= 0.3 is 0 Å². The Kier molecular flexibility index (Phi) is 18.2. The van der Waals surface area contributed by atoms with Gasteiger partial charge in [-0.25, -0.2) is 0 Å². The SMILES string of the molecule is CCCCC(CCC)(C1=NCCCCC(CC)O1)C1CCOCC1.CCCCCCCCC. The van der Waals surface area contributed by atoms with Gasteiger partial charge in [0.25, 0.3) is 0 Å². The topological polar surface area (TPSA) is 30.8 Å². The molecule has 0 aromatic rings. The lowest BCUT2D eigenvalue weighted by molar-refractivity contribution is 0.0119. The molecule has 196 valence electrons. The van der Waals surface area contributed by atoms with Crippen molar-refractivity contribution in [3.05, 3.63) is 0 Å². The molecule has 0 saturated carbocycles. The molecule has 2 aliphatic rings. The van der Waals surface area contributed by atoms with Gasteiger partial charge in [-0.15, -0.1) is 0 Å². The molecule has 33 heavy (non-hydrogen) atoms. The summed E-state index contributed by atoms with van der Waals surface area (Å²) >= 11 is 0. The number of nitrogens with zero attached hydrogens (tertiary/aromatic N) is 1. The van der Waals surface area contributed by atoms with E-state index in [9.17, 15) is 0 Å². The van der Waals surface area contributed by atoms with Crippen molar-refractivity contribution < 1.29 is 9.47 Å². The average Bonchev–Trinajstić information content (AvgIpc) is 2.83. The number of hydrogen-bond acceptors (Lipinski definition) is 3. The van der Waals surface area contributed by atoms with E-state index in [-0.39, 0.29) is 5.41 Å². The summed E-state index contributed by atoms with van der Waals surface area (Å²) in [5, 5.41) is 0. The van der Waals surface area contributed by atoms with Crippen LogP contribution < -0.4 is 0 Å². The number of ether oxygens (including phenoxy) is 2. The molecule has 2 unspecified atom stereocenters. The van der Waals surface area contributed by atoms with Gasteiger partial charge in [-0.2, -0.15) is 0 Å². The van der Waals surface area contributed by atoms with E-state index in [1.54, 1.807) is 0 Å². The molecule has 0 aliphatic carbocycles. The zero-order valence-corrected chi connectivity index (χ0v) is 23.3. The van der Waals surface area contributed by atoms with E-state index in [2.05, 4.69) is 34.6 Å². The Labute approximate surface area is 207 Å². The van der Waals surface area contributed by atoms with Crippen LogP contribution in [0.3, 0.4) is 0 Å². The van der Waals surface area contributed by atoms with Gasteiger partial charge in [0.15, 0.2) is 5.90 Å². The third-order valence-corrected chi connectivity index (χ3v) is 7.73. The van der Waals surface area contributed by atoms with Gasteiger partial charge in [0.05, 0.1) is 6.10 Å². The molecule has 2 aliphatic heterocycles. The molecular weight excluding hydrogens is 406 g/mol. The maximum Gasteiger partial charge on any atom is 0.190 e. The smallest absolute Gasteiger partial charge is 0.190 e. The lowest BCUT2D eigenvalue weighted by atomic mass is 9.65. The zero-order chi connectivity index (χ0) is 24.2. The van der Waals surface area contributed by atoms with Gasteiger partial charge in [-0.3, -0.25) is 4.99 Å². The maximum atomic E-state index is 6.62. The fraction of sp³-hybridized carbons (Fsp3) is 0.967. The summed E-state index contributed by atoms with van der Waals surface area (Å²) in [7, 11) is 0. The third-order valence-electron chi connectivity index (χ3n) is 7.73. The molecule has 0 bridgehead atoms. The van der Waals surface area contributed by atoms with Gasteiger partial charge in [0.2, 0.25) is 0 Å². The second-order valence-corrected chi connectivity index (χ2v) is 10.5. The molecule has 0 amide bonds. The molecule has 0 aromatic heterocycles. The van der Waals surface area contributed by atoms with Gasteiger partial charge in [0, 0.05) is 25.2 Å². The minimum atomic E-state index is 0.152. The van der Waals surface area contributed by atoms with Crippen molar-refractivity contribution >= 4 is 5.90 Å². The van der Waals surface area contributed by atoms with Crippen LogP contribution in [-0.4, -0.2) is 31.8 Å². The molecule has 1 fully saturated rings. The quantitative estimate of drug-likeness (QED) is 0.239. The summed E-state index contributed by atoms with van der Waals surface area (Å²) in [4.78, 5) is 5.05. The van der Waals surface area contributed by atoms with Crippen molar-refractivity contribution in [2.24, 2.45) is 16.3 Å². The molecule has 2 rings (SSSR count). The maximum absolute atomic E-state index is 6.62. The van der Waals surface area contributed by atoms with Crippen molar-refractivity contribution in [1.29, 1.82) is 0 Å². The van der Waals surface area contributed by atoms with Crippen molar-refractivity contribution in [1.82, 2.24) is 0 Å². The first-order valence-electron chi connectivity index (χ1n) is 15.0. The lowest BCUT2D eigenvalue weighted by Gasteiger charge is -2.44. The van der Waals surface area contributed by atoms with E-state index >= 15 is 0 Å². The number of aliphatic imine (C=N–C) groups is 1. The molecule has 0 aromatic carbocycles. The fourth-order valence-corrected chi connectivity index (χ4v) is 5.62. The third kappa shape index (κ3) is 11.6. The number of unbranched alkanes of at least 4 members (excludes halogenated alkanes) is 7. The fourth-order valence-electron chi connectivity index (χ4n) is 5.62. The summed E-state index contributed by atoms with van der Waals surface area (Å²) in [6.07, 6.45) is 23.6. The Morgan fingerprint density at radius 3 is 1.94 bits per heavy atom. The van der Waals surface area contributed by atoms with Crippen LogP contribution in [0.1, 0.15) is 150 Å². The highest BCUT2D eigenvalue weighted by molar-refractivity contribution is 5.83. The van der Waals surface area contributed by atoms with Gasteiger partial charge in [-0.05, 0) is 57.3 Å². The van der Waals surface area contributed by atoms with Crippen LogP contribution in [0.25, 0.3) is 0 Å². The van der Waals surface area contributed by atoms with Crippen LogP contribution in [0.15, 0.2) is 4.99 Å². The minimum Gasteiger partial charge on any atom is -0.477 e. The predicted octanol–water partition coefficient (Wildman–Crippen LogP) is 9.52. The van der Waals surface area contributed by atoms with E-state index < -0.39 is 0 Å². The van der Waals surface area contributed by atoms with Crippen molar-refractivity contribution in [3.63, 3.8) is 0 Å². The first kappa shape index (κ1) is 30.5. The highest BCUT2D eigenvalue weighted by Crippen LogP contribution is 2.45. The van der Waals surface area contributed by atoms with Crippen LogP contribution in [0.5, 0.6) is 0 Å². The first-order valence-corrected chi connectivity index (χ1v) is 15.0.